The number of likely N-dealkylation sites (tertiary alicyclic amines) is 1. The quantitative estimate of drug-likeness (QED) is 0.596. The normalized spacial score (nSPS) is 21.4. The first-order valence-electron chi connectivity index (χ1n) is 5.51. The number of benzene rings is 1. The summed E-state index contributed by atoms with van der Waals surface area (Å²) in [4.78, 5) is 2.33. The van der Waals surface area contributed by atoms with Crippen LogP contribution < -0.4 is 5.73 Å². The molecule has 1 aliphatic rings. The minimum Gasteiger partial charge on any atom is -0.506 e. The fourth-order valence-corrected chi connectivity index (χ4v) is 2.09. The summed E-state index contributed by atoms with van der Waals surface area (Å²) in [6.45, 7) is 2.89. The zero-order chi connectivity index (χ0) is 11.5. The van der Waals surface area contributed by atoms with Gasteiger partial charge in [-0.1, -0.05) is 6.07 Å². The predicted molar refractivity (Wildman–Crippen MR) is 63.2 cm³/mol. The van der Waals surface area contributed by atoms with Crippen molar-refractivity contribution in [1.29, 1.82) is 0 Å². The van der Waals surface area contributed by atoms with Gasteiger partial charge in [0, 0.05) is 26.7 Å². The molecule has 0 aliphatic carbocycles. The topological polar surface area (TPSA) is 58.7 Å². The van der Waals surface area contributed by atoms with Crippen LogP contribution in [0, 0.1) is 0 Å². The lowest BCUT2D eigenvalue weighted by Gasteiger charge is -2.16. The maximum Gasteiger partial charge on any atom is 0.138 e. The van der Waals surface area contributed by atoms with Gasteiger partial charge < -0.3 is 15.6 Å². The predicted octanol–water partition coefficient (Wildman–Crippen LogP) is 1.20. The van der Waals surface area contributed by atoms with Crippen LogP contribution in [0.15, 0.2) is 18.2 Å². The Morgan fingerprint density at radius 2 is 2.38 bits per heavy atom. The van der Waals surface area contributed by atoms with Crippen molar-refractivity contribution in [2.75, 3.05) is 25.9 Å². The smallest absolute Gasteiger partial charge is 0.138 e. The van der Waals surface area contributed by atoms with Gasteiger partial charge in [-0.15, -0.1) is 0 Å². The third-order valence-electron chi connectivity index (χ3n) is 3.06. The van der Waals surface area contributed by atoms with Crippen molar-refractivity contribution in [2.45, 2.75) is 19.1 Å². The second kappa shape index (κ2) is 4.72. The molecular formula is C12H18N2O2. The monoisotopic (exact) mass is 222 g/mol. The molecule has 4 heteroatoms. The summed E-state index contributed by atoms with van der Waals surface area (Å²) in [5.41, 5.74) is 7.23. The van der Waals surface area contributed by atoms with Gasteiger partial charge in [0.25, 0.3) is 0 Å². The Morgan fingerprint density at radius 1 is 1.56 bits per heavy atom. The Bertz CT molecular complexity index is 368. The minimum atomic E-state index is 0.153. The van der Waals surface area contributed by atoms with Gasteiger partial charge in [-0.05, 0) is 24.1 Å². The molecule has 1 fully saturated rings. The molecule has 1 aliphatic heterocycles. The zero-order valence-corrected chi connectivity index (χ0v) is 9.52. The second-order valence-corrected chi connectivity index (χ2v) is 4.27. The highest BCUT2D eigenvalue weighted by Crippen LogP contribution is 2.22. The van der Waals surface area contributed by atoms with E-state index in [0.717, 1.165) is 31.6 Å². The van der Waals surface area contributed by atoms with Crippen LogP contribution in [0.2, 0.25) is 0 Å². The SMILES string of the molecule is COC1CCN(Cc2ccc(O)c(N)c2)C1. The molecule has 1 unspecified atom stereocenters. The van der Waals surface area contributed by atoms with Crippen molar-refractivity contribution >= 4 is 5.69 Å². The molecule has 1 heterocycles. The fourth-order valence-electron chi connectivity index (χ4n) is 2.09. The summed E-state index contributed by atoms with van der Waals surface area (Å²) in [6, 6.07) is 5.38. The average molecular weight is 222 g/mol. The second-order valence-electron chi connectivity index (χ2n) is 4.27. The third kappa shape index (κ3) is 2.46. The van der Waals surface area contributed by atoms with Gasteiger partial charge in [-0.2, -0.15) is 0 Å². The molecule has 0 amide bonds. The standard InChI is InChI=1S/C12H18N2O2/c1-16-10-4-5-14(8-10)7-9-2-3-12(15)11(13)6-9/h2-3,6,10,15H,4-5,7-8,13H2,1H3. The number of phenolic OH excluding ortho intramolecular Hbond substituents is 1. The third-order valence-corrected chi connectivity index (χ3v) is 3.06. The van der Waals surface area contributed by atoms with Crippen molar-refractivity contribution in [1.82, 2.24) is 4.90 Å². The summed E-state index contributed by atoms with van der Waals surface area (Å²) in [5, 5.41) is 9.33. The molecule has 1 atom stereocenters. The number of rotatable bonds is 3. The Kier molecular flexibility index (Phi) is 3.31. The molecule has 0 bridgehead atoms. The molecule has 0 aromatic heterocycles. The van der Waals surface area contributed by atoms with Crippen LogP contribution >= 0.6 is 0 Å². The molecule has 0 radical (unpaired) electrons. The molecule has 2 rings (SSSR count). The highest BCUT2D eigenvalue weighted by molar-refractivity contribution is 5.53. The maximum atomic E-state index is 9.33. The molecule has 16 heavy (non-hydrogen) atoms. The van der Waals surface area contributed by atoms with Crippen molar-refractivity contribution in [2.24, 2.45) is 0 Å². The van der Waals surface area contributed by atoms with E-state index in [1.165, 1.54) is 0 Å². The van der Waals surface area contributed by atoms with Crippen LogP contribution in [-0.2, 0) is 11.3 Å². The first-order chi connectivity index (χ1) is 7.69. The molecule has 4 nitrogen and oxygen atoms in total. The number of phenols is 1. The van der Waals surface area contributed by atoms with Gasteiger partial charge in [0.1, 0.15) is 5.75 Å². The van der Waals surface area contributed by atoms with Crippen LogP contribution in [0.5, 0.6) is 5.75 Å². The van der Waals surface area contributed by atoms with E-state index >= 15 is 0 Å². The first-order valence-corrected chi connectivity index (χ1v) is 5.51. The highest BCUT2D eigenvalue weighted by Gasteiger charge is 2.21. The Labute approximate surface area is 95.6 Å². The van der Waals surface area contributed by atoms with Gasteiger partial charge >= 0.3 is 0 Å². The van der Waals surface area contributed by atoms with Gasteiger partial charge in [0.15, 0.2) is 0 Å². The lowest BCUT2D eigenvalue weighted by molar-refractivity contribution is 0.107. The number of methoxy groups -OCH3 is 1. The van der Waals surface area contributed by atoms with Gasteiger partial charge in [-0.3, -0.25) is 4.90 Å². The van der Waals surface area contributed by atoms with Crippen molar-refractivity contribution in [3.8, 4) is 5.75 Å². The van der Waals surface area contributed by atoms with Crippen molar-refractivity contribution < 1.29 is 9.84 Å². The van der Waals surface area contributed by atoms with E-state index in [1.54, 1.807) is 13.2 Å². The molecule has 88 valence electrons. The Morgan fingerprint density at radius 3 is 3.00 bits per heavy atom. The number of anilines is 1. The molecule has 1 aromatic rings. The molecule has 0 saturated carbocycles. The molecule has 0 spiro atoms. The fraction of sp³-hybridized carbons (Fsp3) is 0.500. The highest BCUT2D eigenvalue weighted by atomic mass is 16.5. The number of nitrogen functional groups attached to an aromatic ring is 1. The minimum absolute atomic E-state index is 0.153. The lowest BCUT2D eigenvalue weighted by atomic mass is 10.2. The summed E-state index contributed by atoms with van der Waals surface area (Å²) >= 11 is 0. The number of nitrogens with zero attached hydrogens (tertiary/aromatic N) is 1. The van der Waals surface area contributed by atoms with E-state index in [4.69, 9.17) is 10.5 Å². The van der Waals surface area contributed by atoms with Crippen LogP contribution in [0.4, 0.5) is 5.69 Å². The van der Waals surface area contributed by atoms with Crippen molar-refractivity contribution in [3.05, 3.63) is 23.8 Å². The van der Waals surface area contributed by atoms with E-state index in [-0.39, 0.29) is 5.75 Å². The molecule has 1 aromatic carbocycles. The molecule has 3 N–H and O–H groups in total. The van der Waals surface area contributed by atoms with E-state index in [0.29, 0.717) is 11.8 Å². The number of aromatic hydroxyl groups is 1. The van der Waals surface area contributed by atoms with Gasteiger partial charge in [0.05, 0.1) is 11.8 Å². The van der Waals surface area contributed by atoms with E-state index in [9.17, 15) is 5.11 Å². The number of ether oxygens (including phenoxy) is 1. The van der Waals surface area contributed by atoms with E-state index in [1.807, 2.05) is 12.1 Å². The largest absolute Gasteiger partial charge is 0.506 e. The van der Waals surface area contributed by atoms with E-state index < -0.39 is 0 Å². The zero-order valence-electron chi connectivity index (χ0n) is 9.52. The van der Waals surface area contributed by atoms with Crippen LogP contribution in [0.25, 0.3) is 0 Å². The van der Waals surface area contributed by atoms with Crippen LogP contribution in [0.3, 0.4) is 0 Å². The number of hydrogen-bond acceptors (Lipinski definition) is 4. The van der Waals surface area contributed by atoms with Gasteiger partial charge in [-0.25, -0.2) is 0 Å². The maximum absolute atomic E-state index is 9.33. The summed E-state index contributed by atoms with van der Waals surface area (Å²) in [6.07, 6.45) is 1.44. The lowest BCUT2D eigenvalue weighted by Crippen LogP contribution is -2.22. The molecular weight excluding hydrogens is 204 g/mol. The van der Waals surface area contributed by atoms with Crippen LogP contribution in [-0.4, -0.2) is 36.3 Å². The molecule has 1 saturated heterocycles. The summed E-state index contributed by atoms with van der Waals surface area (Å²) < 4.78 is 5.32. The number of nitrogens with two attached hydrogens (primary N) is 1. The Balaban J connectivity index is 1.97. The average Bonchev–Trinajstić information content (AvgIpc) is 2.71. The number of hydrogen-bond donors (Lipinski definition) is 2. The first kappa shape index (κ1) is 11.2. The van der Waals surface area contributed by atoms with Gasteiger partial charge in [0.2, 0.25) is 0 Å². The van der Waals surface area contributed by atoms with Crippen molar-refractivity contribution in [3.63, 3.8) is 0 Å². The van der Waals surface area contributed by atoms with Crippen LogP contribution in [0.1, 0.15) is 12.0 Å². The summed E-state index contributed by atoms with van der Waals surface area (Å²) in [7, 11) is 1.76. The van der Waals surface area contributed by atoms with E-state index in [2.05, 4.69) is 4.90 Å². The Hall–Kier alpha value is -1.26. The summed E-state index contributed by atoms with van der Waals surface area (Å²) in [5.74, 6) is 0.153.